The monoisotopic (exact) mass is 487 g/mol. The van der Waals surface area contributed by atoms with Gasteiger partial charge in [-0.25, -0.2) is 9.36 Å². The van der Waals surface area contributed by atoms with Crippen molar-refractivity contribution >= 4 is 33.2 Å². The molecule has 0 aliphatic carbocycles. The third-order valence-electron chi connectivity index (χ3n) is 4.92. The van der Waals surface area contributed by atoms with Crippen LogP contribution < -0.4 is 16.0 Å². The standard InChI is InChI=1S/C23H22ClN3O5S/c1-14-12-25-13-18(20(14)32-10-9-31-8-7-30-2)27-22(28)21-17(26-23(27)29)11-19(33-21)15-5-3-4-6-16(15)24/h3-6,11-13H,7-10H2,1-2H3,(H,26,29). The van der Waals surface area contributed by atoms with Crippen LogP contribution >= 0.6 is 22.9 Å². The molecule has 0 unspecified atom stereocenters. The van der Waals surface area contributed by atoms with Gasteiger partial charge < -0.3 is 19.2 Å². The molecule has 4 rings (SSSR count). The Morgan fingerprint density at radius 1 is 1.12 bits per heavy atom. The lowest BCUT2D eigenvalue weighted by atomic mass is 10.2. The van der Waals surface area contributed by atoms with Crippen LogP contribution in [0.5, 0.6) is 5.75 Å². The molecule has 4 aromatic rings. The first-order chi connectivity index (χ1) is 16.0. The van der Waals surface area contributed by atoms with Gasteiger partial charge in [-0.1, -0.05) is 29.8 Å². The maximum Gasteiger partial charge on any atom is 0.333 e. The van der Waals surface area contributed by atoms with Gasteiger partial charge in [-0.15, -0.1) is 11.3 Å². The van der Waals surface area contributed by atoms with Crippen molar-refractivity contribution < 1.29 is 14.2 Å². The third kappa shape index (κ3) is 4.86. The molecule has 33 heavy (non-hydrogen) atoms. The summed E-state index contributed by atoms with van der Waals surface area (Å²) in [6, 6.07) is 9.12. The van der Waals surface area contributed by atoms with Gasteiger partial charge in [0.15, 0.2) is 0 Å². The number of rotatable bonds is 9. The summed E-state index contributed by atoms with van der Waals surface area (Å²) >= 11 is 7.59. The molecule has 172 valence electrons. The summed E-state index contributed by atoms with van der Waals surface area (Å²) in [5.74, 6) is 0.398. The number of pyridine rings is 1. The lowest BCUT2D eigenvalue weighted by molar-refractivity contribution is 0.0543. The molecule has 0 fully saturated rings. The van der Waals surface area contributed by atoms with E-state index in [9.17, 15) is 9.59 Å². The Kier molecular flexibility index (Phi) is 7.24. The van der Waals surface area contributed by atoms with Crippen molar-refractivity contribution in [2.75, 3.05) is 33.5 Å². The van der Waals surface area contributed by atoms with Crippen molar-refractivity contribution in [1.29, 1.82) is 0 Å². The second kappa shape index (κ2) is 10.3. The van der Waals surface area contributed by atoms with Gasteiger partial charge in [0, 0.05) is 34.3 Å². The van der Waals surface area contributed by atoms with E-state index in [0.29, 0.717) is 46.4 Å². The Bertz CT molecular complexity index is 1400. The second-order valence-electron chi connectivity index (χ2n) is 7.16. The molecule has 0 spiro atoms. The van der Waals surface area contributed by atoms with Gasteiger partial charge >= 0.3 is 5.69 Å². The molecular formula is C23H22ClN3O5S. The number of nitrogens with zero attached hydrogens (tertiary/aromatic N) is 2. The molecular weight excluding hydrogens is 466 g/mol. The molecule has 3 heterocycles. The Morgan fingerprint density at radius 2 is 1.91 bits per heavy atom. The SMILES string of the molecule is COCCOCCOc1c(C)cncc1-n1c(=O)[nH]c2cc(-c3ccccc3Cl)sc2c1=O. The molecule has 0 saturated heterocycles. The fourth-order valence-electron chi connectivity index (χ4n) is 3.35. The minimum atomic E-state index is -0.579. The first kappa shape index (κ1) is 23.2. The largest absolute Gasteiger partial charge is 0.489 e. The maximum atomic E-state index is 13.4. The number of ether oxygens (including phenoxy) is 3. The van der Waals surface area contributed by atoms with E-state index >= 15 is 0 Å². The summed E-state index contributed by atoms with van der Waals surface area (Å²) in [6.45, 7) is 3.31. The third-order valence-corrected chi connectivity index (χ3v) is 6.40. The zero-order chi connectivity index (χ0) is 23.4. The number of H-pyrrole nitrogens is 1. The highest BCUT2D eigenvalue weighted by molar-refractivity contribution is 7.22. The lowest BCUT2D eigenvalue weighted by Crippen LogP contribution is -2.33. The van der Waals surface area contributed by atoms with Gasteiger partial charge in [-0.05, 0) is 19.1 Å². The van der Waals surface area contributed by atoms with Gasteiger partial charge in [-0.2, -0.15) is 0 Å². The number of hydrogen-bond donors (Lipinski definition) is 1. The molecule has 1 N–H and O–H groups in total. The fraction of sp³-hybridized carbons (Fsp3) is 0.261. The van der Waals surface area contributed by atoms with E-state index in [0.717, 1.165) is 15.0 Å². The summed E-state index contributed by atoms with van der Waals surface area (Å²) in [7, 11) is 1.60. The van der Waals surface area contributed by atoms with Crippen molar-refractivity contribution in [3.63, 3.8) is 0 Å². The number of fused-ring (bicyclic) bond motifs is 1. The lowest BCUT2D eigenvalue weighted by Gasteiger charge is -2.14. The molecule has 0 saturated carbocycles. The Balaban J connectivity index is 1.73. The zero-order valence-electron chi connectivity index (χ0n) is 18.1. The van der Waals surface area contributed by atoms with Gasteiger partial charge in [0.1, 0.15) is 22.7 Å². The molecule has 0 amide bonds. The first-order valence-corrected chi connectivity index (χ1v) is 11.4. The average molecular weight is 488 g/mol. The van der Waals surface area contributed by atoms with Gasteiger partial charge in [-0.3, -0.25) is 9.78 Å². The van der Waals surface area contributed by atoms with E-state index < -0.39 is 11.2 Å². The number of methoxy groups -OCH3 is 1. The molecule has 10 heteroatoms. The number of halogens is 1. The summed E-state index contributed by atoms with van der Waals surface area (Å²) in [5.41, 5.74) is 1.18. The maximum absolute atomic E-state index is 13.4. The number of aromatic nitrogens is 3. The molecule has 0 bridgehead atoms. The van der Waals surface area contributed by atoms with Gasteiger partial charge in [0.25, 0.3) is 5.56 Å². The van der Waals surface area contributed by atoms with Crippen LogP contribution in [0, 0.1) is 6.92 Å². The molecule has 0 atom stereocenters. The normalized spacial score (nSPS) is 11.2. The van der Waals surface area contributed by atoms with Crippen LogP contribution in [0.1, 0.15) is 5.56 Å². The smallest absolute Gasteiger partial charge is 0.333 e. The van der Waals surface area contributed by atoms with Crippen LogP contribution in [0.15, 0.2) is 52.3 Å². The van der Waals surface area contributed by atoms with E-state index in [1.165, 1.54) is 17.5 Å². The van der Waals surface area contributed by atoms with E-state index in [2.05, 4.69) is 9.97 Å². The van der Waals surface area contributed by atoms with Crippen molar-refractivity contribution in [3.05, 3.63) is 74.1 Å². The molecule has 0 aliphatic heterocycles. The fourth-order valence-corrected chi connectivity index (χ4v) is 4.73. The van der Waals surface area contributed by atoms with Crippen molar-refractivity contribution in [2.24, 2.45) is 0 Å². The number of hydrogen-bond acceptors (Lipinski definition) is 7. The van der Waals surface area contributed by atoms with Crippen LogP contribution in [-0.2, 0) is 9.47 Å². The van der Waals surface area contributed by atoms with Crippen LogP contribution in [0.4, 0.5) is 0 Å². The minimum Gasteiger partial charge on any atom is -0.489 e. The van der Waals surface area contributed by atoms with Gasteiger partial charge in [0.2, 0.25) is 0 Å². The van der Waals surface area contributed by atoms with Crippen molar-refractivity contribution in [1.82, 2.24) is 14.5 Å². The molecule has 1 aromatic carbocycles. The summed E-state index contributed by atoms with van der Waals surface area (Å²) in [4.78, 5) is 34.1. The van der Waals surface area contributed by atoms with Gasteiger partial charge in [0.05, 0.1) is 31.5 Å². The Labute approximate surface area is 198 Å². The van der Waals surface area contributed by atoms with Crippen LogP contribution in [0.2, 0.25) is 5.02 Å². The number of benzene rings is 1. The van der Waals surface area contributed by atoms with Crippen LogP contribution in [0.25, 0.3) is 26.3 Å². The topological polar surface area (TPSA) is 95.4 Å². The predicted molar refractivity (Wildman–Crippen MR) is 129 cm³/mol. The molecule has 3 aromatic heterocycles. The highest BCUT2D eigenvalue weighted by Gasteiger charge is 2.18. The average Bonchev–Trinajstić information content (AvgIpc) is 3.22. The molecule has 0 aliphatic rings. The summed E-state index contributed by atoms with van der Waals surface area (Å²) < 4.78 is 17.7. The van der Waals surface area contributed by atoms with Crippen LogP contribution in [-0.4, -0.2) is 48.1 Å². The van der Waals surface area contributed by atoms with Crippen LogP contribution in [0.3, 0.4) is 0 Å². The predicted octanol–water partition coefficient (Wildman–Crippen LogP) is 3.81. The Hall–Kier alpha value is -2.98. The molecule has 0 radical (unpaired) electrons. The molecule has 8 nitrogen and oxygen atoms in total. The van der Waals surface area contributed by atoms with E-state index in [-0.39, 0.29) is 12.3 Å². The number of aryl methyl sites for hydroxylation is 1. The number of aromatic amines is 1. The Morgan fingerprint density at radius 3 is 2.70 bits per heavy atom. The summed E-state index contributed by atoms with van der Waals surface area (Å²) in [6.07, 6.45) is 3.06. The van der Waals surface area contributed by atoms with E-state index in [1.807, 2.05) is 18.2 Å². The second-order valence-corrected chi connectivity index (χ2v) is 8.62. The van der Waals surface area contributed by atoms with E-state index in [1.54, 1.807) is 32.4 Å². The minimum absolute atomic E-state index is 0.242. The van der Waals surface area contributed by atoms with Crippen molar-refractivity contribution in [2.45, 2.75) is 6.92 Å². The first-order valence-electron chi connectivity index (χ1n) is 10.2. The number of thiophene rings is 1. The highest BCUT2D eigenvalue weighted by Crippen LogP contribution is 2.35. The quantitative estimate of drug-likeness (QED) is 0.361. The number of nitrogens with one attached hydrogen (secondary N) is 1. The zero-order valence-corrected chi connectivity index (χ0v) is 19.7. The van der Waals surface area contributed by atoms with Crippen molar-refractivity contribution in [3.8, 4) is 21.9 Å². The highest BCUT2D eigenvalue weighted by atomic mass is 35.5. The van der Waals surface area contributed by atoms with E-state index in [4.69, 9.17) is 25.8 Å². The summed E-state index contributed by atoms with van der Waals surface area (Å²) in [5, 5.41) is 0.568.